The Labute approximate surface area is 195 Å². The Morgan fingerprint density at radius 1 is 1.06 bits per heavy atom. The highest BCUT2D eigenvalue weighted by Gasteiger charge is 2.49. The van der Waals surface area contributed by atoms with Gasteiger partial charge in [0.2, 0.25) is 5.91 Å². The van der Waals surface area contributed by atoms with Crippen LogP contribution in [0.3, 0.4) is 0 Å². The number of pyridine rings is 1. The summed E-state index contributed by atoms with van der Waals surface area (Å²) >= 11 is 0. The molecular weight excluding hydrogens is 412 g/mol. The number of hydrogen-bond donors (Lipinski definition) is 2. The minimum Gasteiger partial charge on any atom is -0.380 e. The average molecular weight is 443 g/mol. The quantitative estimate of drug-likeness (QED) is 0.556. The number of ether oxygens (including phenoxy) is 1. The Bertz CT molecular complexity index is 1070. The number of nitrogens with zero attached hydrogens (tertiary/aromatic N) is 2. The Morgan fingerprint density at radius 2 is 1.82 bits per heavy atom. The number of amides is 1. The van der Waals surface area contributed by atoms with Gasteiger partial charge in [-0.1, -0.05) is 60.2 Å². The van der Waals surface area contributed by atoms with E-state index in [1.54, 1.807) is 0 Å². The highest BCUT2D eigenvalue weighted by atomic mass is 16.5. The minimum absolute atomic E-state index is 0.111. The van der Waals surface area contributed by atoms with E-state index in [2.05, 4.69) is 51.7 Å². The molecule has 1 aromatic heterocycles. The van der Waals surface area contributed by atoms with Crippen molar-refractivity contribution in [2.45, 2.75) is 19.4 Å². The van der Waals surface area contributed by atoms with Crippen molar-refractivity contribution < 1.29 is 9.53 Å². The maximum absolute atomic E-state index is 13.2. The molecule has 2 fully saturated rings. The predicted octanol–water partition coefficient (Wildman–Crippen LogP) is 3.74. The third-order valence-electron chi connectivity index (χ3n) is 6.51. The van der Waals surface area contributed by atoms with E-state index >= 15 is 0 Å². The second kappa shape index (κ2) is 9.33. The van der Waals surface area contributed by atoms with Crippen LogP contribution < -0.4 is 15.5 Å². The lowest BCUT2D eigenvalue weighted by molar-refractivity contribution is -0.127. The summed E-state index contributed by atoms with van der Waals surface area (Å²) in [4.78, 5) is 20.0. The molecule has 0 bridgehead atoms. The highest BCUT2D eigenvalue weighted by molar-refractivity contribution is 5.94. The molecule has 2 aliphatic heterocycles. The Morgan fingerprint density at radius 3 is 2.45 bits per heavy atom. The fourth-order valence-electron chi connectivity index (χ4n) is 4.49. The first kappa shape index (κ1) is 21.6. The minimum atomic E-state index is -0.452. The summed E-state index contributed by atoms with van der Waals surface area (Å²) in [5, 5.41) is 6.42. The topological polar surface area (TPSA) is 66.5 Å². The van der Waals surface area contributed by atoms with E-state index in [1.165, 1.54) is 11.1 Å². The molecule has 1 spiro atoms. The number of aromatic nitrogens is 1. The molecule has 2 aliphatic rings. The van der Waals surface area contributed by atoms with Crippen molar-refractivity contribution in [2.24, 2.45) is 5.41 Å². The summed E-state index contributed by atoms with van der Waals surface area (Å²) < 4.78 is 5.35. The SMILES string of the molecule is Cc1ccc(CCN[C@@H](C(=O)Nc2ccc(N3CC4(COC4)C3)cn2)c2ccccc2)cc1. The van der Waals surface area contributed by atoms with E-state index in [-0.39, 0.29) is 5.91 Å². The number of carbonyl (C=O) groups excluding carboxylic acids is 1. The zero-order valence-electron chi connectivity index (χ0n) is 19.0. The Hall–Kier alpha value is -3.22. The summed E-state index contributed by atoms with van der Waals surface area (Å²) in [6, 6.07) is 21.8. The molecule has 1 atom stereocenters. The number of carbonyl (C=O) groups is 1. The fourth-order valence-corrected chi connectivity index (χ4v) is 4.49. The average Bonchev–Trinajstić information content (AvgIpc) is 2.78. The van der Waals surface area contributed by atoms with Gasteiger partial charge in [0.15, 0.2) is 0 Å². The molecule has 2 aromatic carbocycles. The summed E-state index contributed by atoms with van der Waals surface area (Å²) in [6.07, 6.45) is 2.69. The summed E-state index contributed by atoms with van der Waals surface area (Å²) in [5.41, 5.74) is 4.88. The normalized spacial score (nSPS) is 17.2. The van der Waals surface area contributed by atoms with E-state index in [0.29, 0.717) is 17.8 Å². The third kappa shape index (κ3) is 4.92. The van der Waals surface area contributed by atoms with Gasteiger partial charge in [0.1, 0.15) is 11.9 Å². The van der Waals surface area contributed by atoms with Gasteiger partial charge in [-0.05, 0) is 36.6 Å². The van der Waals surface area contributed by atoms with Crippen LogP contribution in [0.2, 0.25) is 0 Å². The molecule has 0 aliphatic carbocycles. The molecule has 2 N–H and O–H groups in total. The summed E-state index contributed by atoms with van der Waals surface area (Å²) in [7, 11) is 0. The second-order valence-corrected chi connectivity index (χ2v) is 9.27. The van der Waals surface area contributed by atoms with Crippen LogP contribution in [0.25, 0.3) is 0 Å². The van der Waals surface area contributed by atoms with Gasteiger partial charge in [-0.2, -0.15) is 0 Å². The first-order valence-electron chi connectivity index (χ1n) is 11.5. The van der Waals surface area contributed by atoms with Gasteiger partial charge < -0.3 is 20.3 Å². The van der Waals surface area contributed by atoms with Gasteiger partial charge in [-0.15, -0.1) is 0 Å². The highest BCUT2D eigenvalue weighted by Crippen LogP contribution is 2.40. The largest absolute Gasteiger partial charge is 0.380 e. The lowest BCUT2D eigenvalue weighted by atomic mass is 9.78. The Kier molecular flexibility index (Phi) is 6.11. The molecular formula is C27H30N4O2. The summed E-state index contributed by atoms with van der Waals surface area (Å²) in [6.45, 7) is 6.54. The van der Waals surface area contributed by atoms with Crippen molar-refractivity contribution in [2.75, 3.05) is 43.1 Å². The van der Waals surface area contributed by atoms with Crippen molar-refractivity contribution in [3.63, 3.8) is 0 Å². The monoisotopic (exact) mass is 442 g/mol. The van der Waals surface area contributed by atoms with E-state index < -0.39 is 6.04 Å². The lowest BCUT2D eigenvalue weighted by Gasteiger charge is -2.55. The standard InChI is InChI=1S/C27H30N4O2/c1-20-7-9-21(10-8-20)13-14-28-25(22-5-3-2-4-6-22)26(32)30-24-12-11-23(15-29-24)31-16-27(17-31)18-33-19-27/h2-12,15,25,28H,13-14,16-19H2,1H3,(H,29,30,32)/t25-/m1/s1. The molecule has 1 amide bonds. The van der Waals surface area contributed by atoms with Gasteiger partial charge in [0.05, 0.1) is 30.5 Å². The molecule has 5 rings (SSSR count). The Balaban J connectivity index is 1.20. The molecule has 3 aromatic rings. The van der Waals surface area contributed by atoms with Crippen molar-refractivity contribution in [3.8, 4) is 0 Å². The molecule has 0 saturated carbocycles. The van der Waals surface area contributed by atoms with E-state index in [9.17, 15) is 4.79 Å². The van der Waals surface area contributed by atoms with Crippen LogP contribution in [0.15, 0.2) is 72.9 Å². The number of nitrogens with one attached hydrogen (secondary N) is 2. The van der Waals surface area contributed by atoms with Crippen LogP contribution in [0.5, 0.6) is 0 Å². The zero-order chi connectivity index (χ0) is 22.7. The lowest BCUT2D eigenvalue weighted by Crippen LogP contribution is -2.66. The van der Waals surface area contributed by atoms with Crippen LogP contribution in [0.1, 0.15) is 22.7 Å². The number of aryl methyl sites for hydroxylation is 1. The maximum atomic E-state index is 13.2. The number of hydrogen-bond acceptors (Lipinski definition) is 5. The predicted molar refractivity (Wildman–Crippen MR) is 130 cm³/mol. The molecule has 0 unspecified atom stereocenters. The van der Waals surface area contributed by atoms with Crippen LogP contribution in [-0.2, 0) is 16.0 Å². The van der Waals surface area contributed by atoms with E-state index in [4.69, 9.17) is 4.74 Å². The molecule has 6 heteroatoms. The molecule has 6 nitrogen and oxygen atoms in total. The number of anilines is 2. The number of benzene rings is 2. The van der Waals surface area contributed by atoms with Crippen molar-refractivity contribution in [3.05, 3.63) is 89.6 Å². The van der Waals surface area contributed by atoms with Crippen molar-refractivity contribution >= 4 is 17.4 Å². The van der Waals surface area contributed by atoms with Crippen molar-refractivity contribution in [1.82, 2.24) is 10.3 Å². The van der Waals surface area contributed by atoms with Crippen LogP contribution in [-0.4, -0.2) is 43.7 Å². The smallest absolute Gasteiger partial charge is 0.247 e. The van der Waals surface area contributed by atoms with Gasteiger partial charge in [-0.25, -0.2) is 4.98 Å². The van der Waals surface area contributed by atoms with E-state index in [1.807, 2.05) is 48.7 Å². The van der Waals surface area contributed by atoms with Crippen LogP contribution in [0, 0.1) is 12.3 Å². The van der Waals surface area contributed by atoms with E-state index in [0.717, 1.165) is 44.0 Å². The van der Waals surface area contributed by atoms with Crippen molar-refractivity contribution in [1.29, 1.82) is 0 Å². The van der Waals surface area contributed by atoms with Crippen LogP contribution in [0.4, 0.5) is 11.5 Å². The van der Waals surface area contributed by atoms with Gasteiger partial charge in [0.25, 0.3) is 0 Å². The molecule has 3 heterocycles. The van der Waals surface area contributed by atoms with Gasteiger partial charge in [0, 0.05) is 19.6 Å². The number of rotatable bonds is 8. The van der Waals surface area contributed by atoms with Gasteiger partial charge in [-0.3, -0.25) is 4.79 Å². The molecule has 2 saturated heterocycles. The maximum Gasteiger partial charge on any atom is 0.247 e. The first-order chi connectivity index (χ1) is 16.1. The second-order valence-electron chi connectivity index (χ2n) is 9.27. The fraction of sp³-hybridized carbons (Fsp3) is 0.333. The molecule has 33 heavy (non-hydrogen) atoms. The van der Waals surface area contributed by atoms with Crippen LogP contribution >= 0.6 is 0 Å². The first-order valence-corrected chi connectivity index (χ1v) is 11.5. The zero-order valence-corrected chi connectivity index (χ0v) is 19.0. The molecule has 170 valence electrons. The molecule has 0 radical (unpaired) electrons. The van der Waals surface area contributed by atoms with Gasteiger partial charge >= 0.3 is 0 Å². The summed E-state index contributed by atoms with van der Waals surface area (Å²) in [5.74, 6) is 0.451. The third-order valence-corrected chi connectivity index (χ3v) is 6.51.